The number of oxazole rings is 1. The van der Waals surface area contributed by atoms with Crippen LogP contribution in [0, 0.1) is 20.8 Å². The monoisotopic (exact) mass is 410 g/mol. The largest absolute Gasteiger partial charge is 0.445 e. The van der Waals surface area contributed by atoms with Crippen molar-refractivity contribution in [1.29, 1.82) is 0 Å². The van der Waals surface area contributed by atoms with E-state index in [9.17, 15) is 0 Å². The number of aromatic nitrogens is 4. The summed E-state index contributed by atoms with van der Waals surface area (Å²) in [5.41, 5.74) is 4.07. The maximum absolute atomic E-state index is 6.08. The fraction of sp³-hybridized carbons (Fsp3) is 0.190. The van der Waals surface area contributed by atoms with Crippen LogP contribution >= 0.6 is 23.4 Å². The second-order valence-electron chi connectivity index (χ2n) is 6.52. The molecule has 0 unspecified atom stereocenters. The SMILES string of the molecule is Cc1ccc(-c2nnc(SCc3nc(C)c(C)o3)n2-c2ccc(Cl)cc2)cc1. The molecule has 7 heteroatoms. The molecular weight excluding hydrogens is 392 g/mol. The summed E-state index contributed by atoms with van der Waals surface area (Å²) in [6.45, 7) is 5.93. The van der Waals surface area contributed by atoms with Crippen LogP contribution in [0.2, 0.25) is 5.02 Å². The van der Waals surface area contributed by atoms with Gasteiger partial charge in [0.25, 0.3) is 0 Å². The molecule has 0 atom stereocenters. The molecular formula is C21H19ClN4OS. The molecule has 5 nitrogen and oxygen atoms in total. The van der Waals surface area contributed by atoms with Gasteiger partial charge in [-0.2, -0.15) is 0 Å². The van der Waals surface area contributed by atoms with Gasteiger partial charge in [-0.3, -0.25) is 4.57 Å². The molecule has 0 spiro atoms. The molecule has 28 heavy (non-hydrogen) atoms. The first-order chi connectivity index (χ1) is 13.5. The summed E-state index contributed by atoms with van der Waals surface area (Å²) in [7, 11) is 0. The molecule has 0 aliphatic heterocycles. The van der Waals surface area contributed by atoms with Crippen LogP contribution in [0.3, 0.4) is 0 Å². The van der Waals surface area contributed by atoms with Gasteiger partial charge in [0, 0.05) is 16.3 Å². The van der Waals surface area contributed by atoms with Crippen LogP contribution in [0.25, 0.3) is 17.1 Å². The first-order valence-electron chi connectivity index (χ1n) is 8.85. The van der Waals surface area contributed by atoms with Gasteiger partial charge in [0.15, 0.2) is 11.0 Å². The van der Waals surface area contributed by atoms with Gasteiger partial charge in [-0.05, 0) is 45.0 Å². The number of nitrogens with zero attached hydrogens (tertiary/aromatic N) is 4. The van der Waals surface area contributed by atoms with Gasteiger partial charge in [0.05, 0.1) is 11.4 Å². The van der Waals surface area contributed by atoms with E-state index >= 15 is 0 Å². The number of thioether (sulfide) groups is 1. The maximum Gasteiger partial charge on any atom is 0.205 e. The van der Waals surface area contributed by atoms with E-state index in [0.29, 0.717) is 16.7 Å². The van der Waals surface area contributed by atoms with Crippen molar-refractivity contribution in [3.63, 3.8) is 0 Å². The lowest BCUT2D eigenvalue weighted by atomic mass is 10.1. The van der Waals surface area contributed by atoms with Gasteiger partial charge in [0.1, 0.15) is 5.76 Å². The molecule has 0 bridgehead atoms. The quantitative estimate of drug-likeness (QED) is 0.389. The van der Waals surface area contributed by atoms with E-state index < -0.39 is 0 Å². The summed E-state index contributed by atoms with van der Waals surface area (Å²) in [5, 5.41) is 10.3. The van der Waals surface area contributed by atoms with Crippen molar-refractivity contribution in [1.82, 2.24) is 19.7 Å². The van der Waals surface area contributed by atoms with Gasteiger partial charge in [0.2, 0.25) is 5.89 Å². The lowest BCUT2D eigenvalue weighted by Crippen LogP contribution is -2.00. The summed E-state index contributed by atoms with van der Waals surface area (Å²) in [5.74, 6) is 2.89. The van der Waals surface area contributed by atoms with Gasteiger partial charge >= 0.3 is 0 Å². The Morgan fingerprint density at radius 2 is 1.68 bits per heavy atom. The van der Waals surface area contributed by atoms with Gasteiger partial charge < -0.3 is 4.42 Å². The number of hydrogen-bond acceptors (Lipinski definition) is 5. The van der Waals surface area contributed by atoms with E-state index in [-0.39, 0.29) is 0 Å². The van der Waals surface area contributed by atoms with Gasteiger partial charge in [-0.25, -0.2) is 4.98 Å². The third-order valence-electron chi connectivity index (χ3n) is 4.43. The van der Waals surface area contributed by atoms with Crippen LogP contribution < -0.4 is 0 Å². The van der Waals surface area contributed by atoms with E-state index in [0.717, 1.165) is 33.7 Å². The van der Waals surface area contributed by atoms with Crippen LogP contribution in [0.1, 0.15) is 22.9 Å². The van der Waals surface area contributed by atoms with Crippen molar-refractivity contribution >= 4 is 23.4 Å². The predicted molar refractivity (Wildman–Crippen MR) is 112 cm³/mol. The van der Waals surface area contributed by atoms with Crippen molar-refractivity contribution < 1.29 is 4.42 Å². The molecule has 2 aromatic heterocycles. The first-order valence-corrected chi connectivity index (χ1v) is 10.2. The summed E-state index contributed by atoms with van der Waals surface area (Å²) in [6.07, 6.45) is 0. The number of aryl methyl sites for hydroxylation is 3. The van der Waals surface area contributed by atoms with Crippen LogP contribution in [0.4, 0.5) is 0 Å². The van der Waals surface area contributed by atoms with Crippen molar-refractivity contribution in [3.8, 4) is 17.1 Å². The fourth-order valence-electron chi connectivity index (χ4n) is 2.80. The fourth-order valence-corrected chi connectivity index (χ4v) is 3.72. The smallest absolute Gasteiger partial charge is 0.205 e. The minimum atomic E-state index is 0.578. The summed E-state index contributed by atoms with van der Waals surface area (Å²) >= 11 is 7.62. The van der Waals surface area contributed by atoms with E-state index in [4.69, 9.17) is 16.0 Å². The standard InChI is InChI=1S/C21H19ClN4OS/c1-13-4-6-16(7-5-13)20-24-25-21(26(20)18-10-8-17(22)9-11-18)28-12-19-23-14(2)15(3)27-19/h4-11H,12H2,1-3H3. The molecule has 0 saturated heterocycles. The third-order valence-corrected chi connectivity index (χ3v) is 5.59. The van der Waals surface area contributed by atoms with Crippen LogP contribution in [0.5, 0.6) is 0 Å². The molecule has 4 rings (SSSR count). The second-order valence-corrected chi connectivity index (χ2v) is 7.90. The predicted octanol–water partition coefficient (Wildman–Crippen LogP) is 5.79. The van der Waals surface area contributed by atoms with Crippen LogP contribution in [-0.4, -0.2) is 19.7 Å². The zero-order chi connectivity index (χ0) is 19.7. The molecule has 0 saturated carbocycles. The molecule has 142 valence electrons. The Kier molecular flexibility index (Phi) is 5.24. The van der Waals surface area contributed by atoms with E-state index in [1.807, 2.05) is 42.7 Å². The molecule has 0 aliphatic rings. The minimum Gasteiger partial charge on any atom is -0.445 e. The summed E-state index contributed by atoms with van der Waals surface area (Å²) in [4.78, 5) is 4.45. The first kappa shape index (κ1) is 18.8. The Morgan fingerprint density at radius 1 is 0.964 bits per heavy atom. The Balaban J connectivity index is 1.73. The number of halogens is 1. The molecule has 0 fully saturated rings. The van der Waals surface area contributed by atoms with Crippen molar-refractivity contribution in [3.05, 3.63) is 76.5 Å². The van der Waals surface area contributed by atoms with Gasteiger partial charge in [-0.15, -0.1) is 10.2 Å². The number of rotatable bonds is 5. The molecule has 2 heterocycles. The summed E-state index contributed by atoms with van der Waals surface area (Å²) < 4.78 is 7.73. The number of benzene rings is 2. The minimum absolute atomic E-state index is 0.578. The van der Waals surface area contributed by atoms with Crippen LogP contribution in [-0.2, 0) is 5.75 Å². The zero-order valence-corrected chi connectivity index (χ0v) is 17.4. The molecule has 0 amide bonds. The highest BCUT2D eigenvalue weighted by Gasteiger charge is 2.17. The van der Waals surface area contributed by atoms with Gasteiger partial charge in [-0.1, -0.05) is 53.2 Å². The highest BCUT2D eigenvalue weighted by Crippen LogP contribution is 2.30. The Morgan fingerprint density at radius 3 is 2.32 bits per heavy atom. The third kappa shape index (κ3) is 3.84. The van der Waals surface area contributed by atoms with Crippen molar-refractivity contribution in [2.75, 3.05) is 0 Å². The van der Waals surface area contributed by atoms with Crippen molar-refractivity contribution in [2.45, 2.75) is 31.7 Å². The van der Waals surface area contributed by atoms with E-state index in [2.05, 4.69) is 46.4 Å². The Bertz CT molecular complexity index is 1080. The van der Waals surface area contributed by atoms with Crippen molar-refractivity contribution in [2.24, 2.45) is 0 Å². The normalized spacial score (nSPS) is 11.1. The molecule has 4 aromatic rings. The highest BCUT2D eigenvalue weighted by molar-refractivity contribution is 7.98. The Labute approximate surface area is 172 Å². The Hall–Kier alpha value is -2.57. The molecule has 0 radical (unpaired) electrons. The zero-order valence-electron chi connectivity index (χ0n) is 15.8. The highest BCUT2D eigenvalue weighted by atomic mass is 35.5. The lowest BCUT2D eigenvalue weighted by Gasteiger charge is -2.10. The van der Waals surface area contributed by atoms with Crippen LogP contribution in [0.15, 0.2) is 58.1 Å². The van der Waals surface area contributed by atoms with E-state index in [1.165, 1.54) is 17.3 Å². The molecule has 0 N–H and O–H groups in total. The summed E-state index contributed by atoms with van der Waals surface area (Å²) in [6, 6.07) is 15.9. The second kappa shape index (κ2) is 7.81. The lowest BCUT2D eigenvalue weighted by molar-refractivity contribution is 0.489. The molecule has 2 aromatic carbocycles. The molecule has 0 aliphatic carbocycles. The average molecular weight is 411 g/mol. The maximum atomic E-state index is 6.08. The topological polar surface area (TPSA) is 56.7 Å². The van der Waals surface area contributed by atoms with E-state index in [1.54, 1.807) is 0 Å². The average Bonchev–Trinajstić information content (AvgIpc) is 3.24. The number of hydrogen-bond donors (Lipinski definition) is 0.